The van der Waals surface area contributed by atoms with Crippen LogP contribution in [0, 0.1) is 5.95 Å². The lowest BCUT2D eigenvalue weighted by atomic mass is 10.3. The van der Waals surface area contributed by atoms with E-state index >= 15 is 0 Å². The fourth-order valence-electron chi connectivity index (χ4n) is 1.25. The molecule has 0 saturated heterocycles. The van der Waals surface area contributed by atoms with Gasteiger partial charge in [0.2, 0.25) is 5.95 Å². The zero-order valence-electron chi connectivity index (χ0n) is 9.09. The topological polar surface area (TPSA) is 72.7 Å². The zero-order valence-corrected chi connectivity index (χ0v) is 9.09. The van der Waals surface area contributed by atoms with Crippen molar-refractivity contribution in [1.29, 1.82) is 0 Å². The number of nitrogens with one attached hydrogen (secondary N) is 1. The molecule has 7 heteroatoms. The van der Waals surface area contributed by atoms with Crippen molar-refractivity contribution in [3.8, 4) is 0 Å². The first-order valence-corrected chi connectivity index (χ1v) is 4.90. The van der Waals surface area contributed by atoms with Gasteiger partial charge in [-0.05, 0) is 12.1 Å². The van der Waals surface area contributed by atoms with Crippen molar-refractivity contribution < 1.29 is 9.18 Å². The summed E-state index contributed by atoms with van der Waals surface area (Å²) in [6.07, 6.45) is 1.53. The van der Waals surface area contributed by atoms with E-state index in [4.69, 9.17) is 0 Å². The Bertz CT molecular complexity index is 539. The Kier molecular flexibility index (Phi) is 3.08. The number of amides is 1. The van der Waals surface area contributed by atoms with Crippen LogP contribution >= 0.6 is 0 Å². The van der Waals surface area contributed by atoms with E-state index < -0.39 is 11.9 Å². The molecular formula is C10H10FN5O. The lowest BCUT2D eigenvalue weighted by Crippen LogP contribution is -2.24. The molecule has 88 valence electrons. The van der Waals surface area contributed by atoms with Gasteiger partial charge in [-0.25, -0.2) is 9.97 Å². The number of hydrogen-bond acceptors (Lipinski definition) is 4. The van der Waals surface area contributed by atoms with Crippen molar-refractivity contribution in [3.05, 3.63) is 42.0 Å². The third-order valence-electron chi connectivity index (χ3n) is 2.00. The molecule has 0 saturated carbocycles. The standard InChI is InChI=1S/C10H10FN5O/c1-16-6-13-9(15-16)5-12-10(17)7-3-2-4-8(11)14-7/h2-4,6H,5H2,1H3,(H,12,17). The molecule has 0 atom stereocenters. The van der Waals surface area contributed by atoms with Gasteiger partial charge in [-0.15, -0.1) is 0 Å². The fraction of sp³-hybridized carbons (Fsp3) is 0.200. The highest BCUT2D eigenvalue weighted by atomic mass is 19.1. The largest absolute Gasteiger partial charge is 0.343 e. The van der Waals surface area contributed by atoms with Crippen molar-refractivity contribution in [2.24, 2.45) is 7.05 Å². The van der Waals surface area contributed by atoms with E-state index in [9.17, 15) is 9.18 Å². The zero-order chi connectivity index (χ0) is 12.3. The van der Waals surface area contributed by atoms with Gasteiger partial charge in [0.25, 0.3) is 5.91 Å². The first-order chi connectivity index (χ1) is 8.15. The molecule has 2 aromatic rings. The Labute approximate surface area is 96.5 Å². The maximum Gasteiger partial charge on any atom is 0.270 e. The molecule has 0 fully saturated rings. The van der Waals surface area contributed by atoms with Gasteiger partial charge in [0.1, 0.15) is 12.0 Å². The lowest BCUT2D eigenvalue weighted by molar-refractivity contribution is 0.0943. The summed E-state index contributed by atoms with van der Waals surface area (Å²) in [5.41, 5.74) is 0.0286. The summed E-state index contributed by atoms with van der Waals surface area (Å²) >= 11 is 0. The van der Waals surface area contributed by atoms with Crippen molar-refractivity contribution in [1.82, 2.24) is 25.1 Å². The summed E-state index contributed by atoms with van der Waals surface area (Å²) in [5, 5.41) is 6.54. The van der Waals surface area contributed by atoms with Crippen LogP contribution in [0.5, 0.6) is 0 Å². The summed E-state index contributed by atoms with van der Waals surface area (Å²) in [5.74, 6) is -0.664. The highest BCUT2D eigenvalue weighted by Gasteiger charge is 2.08. The second kappa shape index (κ2) is 4.69. The van der Waals surface area contributed by atoms with E-state index in [0.717, 1.165) is 0 Å². The molecule has 2 aromatic heterocycles. The Hall–Kier alpha value is -2.31. The smallest absolute Gasteiger partial charge is 0.270 e. The lowest BCUT2D eigenvalue weighted by Gasteiger charge is -2.01. The van der Waals surface area contributed by atoms with Crippen LogP contribution in [0.1, 0.15) is 16.3 Å². The van der Waals surface area contributed by atoms with Gasteiger partial charge in [-0.3, -0.25) is 9.48 Å². The van der Waals surface area contributed by atoms with Gasteiger partial charge in [0, 0.05) is 7.05 Å². The molecule has 0 unspecified atom stereocenters. The number of aryl methyl sites for hydroxylation is 1. The fourth-order valence-corrected chi connectivity index (χ4v) is 1.25. The maximum atomic E-state index is 12.8. The molecular weight excluding hydrogens is 225 g/mol. The van der Waals surface area contributed by atoms with Gasteiger partial charge in [0.05, 0.1) is 6.54 Å². The van der Waals surface area contributed by atoms with Gasteiger partial charge in [-0.1, -0.05) is 6.07 Å². The Morgan fingerprint density at radius 3 is 3.00 bits per heavy atom. The van der Waals surface area contributed by atoms with Crippen LogP contribution < -0.4 is 5.32 Å². The molecule has 0 aliphatic heterocycles. The van der Waals surface area contributed by atoms with Crippen molar-refractivity contribution in [2.45, 2.75) is 6.54 Å². The second-order valence-corrected chi connectivity index (χ2v) is 3.36. The summed E-state index contributed by atoms with van der Waals surface area (Å²) < 4.78 is 14.3. The van der Waals surface area contributed by atoms with E-state index in [1.54, 1.807) is 7.05 Å². The van der Waals surface area contributed by atoms with E-state index in [0.29, 0.717) is 5.82 Å². The summed E-state index contributed by atoms with van der Waals surface area (Å²) in [7, 11) is 1.73. The number of carbonyl (C=O) groups is 1. The first-order valence-electron chi connectivity index (χ1n) is 4.90. The van der Waals surface area contributed by atoms with E-state index in [2.05, 4.69) is 20.4 Å². The van der Waals surface area contributed by atoms with Gasteiger partial charge < -0.3 is 5.32 Å². The molecule has 0 aliphatic carbocycles. The van der Waals surface area contributed by atoms with Crippen LogP contribution in [-0.4, -0.2) is 25.7 Å². The van der Waals surface area contributed by atoms with Gasteiger partial charge in [0.15, 0.2) is 5.82 Å². The van der Waals surface area contributed by atoms with Crippen LogP contribution in [-0.2, 0) is 13.6 Å². The normalized spacial score (nSPS) is 10.2. The third-order valence-corrected chi connectivity index (χ3v) is 2.00. The highest BCUT2D eigenvalue weighted by Crippen LogP contribution is 1.98. The highest BCUT2D eigenvalue weighted by molar-refractivity contribution is 5.92. The molecule has 2 rings (SSSR count). The second-order valence-electron chi connectivity index (χ2n) is 3.36. The molecule has 0 spiro atoms. The average molecular weight is 235 g/mol. The maximum absolute atomic E-state index is 12.8. The van der Waals surface area contributed by atoms with Crippen LogP contribution in [0.25, 0.3) is 0 Å². The molecule has 0 bridgehead atoms. The Balaban J connectivity index is 1.98. The van der Waals surface area contributed by atoms with Crippen molar-refractivity contribution in [3.63, 3.8) is 0 Å². The predicted octanol–water partition coefficient (Wildman–Crippen LogP) is 0.279. The molecule has 0 radical (unpaired) electrons. The van der Waals surface area contributed by atoms with Crippen molar-refractivity contribution >= 4 is 5.91 Å². The van der Waals surface area contributed by atoms with Crippen LogP contribution in [0.4, 0.5) is 4.39 Å². The van der Waals surface area contributed by atoms with Gasteiger partial charge in [-0.2, -0.15) is 9.49 Å². The molecule has 1 amide bonds. The molecule has 0 aromatic carbocycles. The minimum absolute atomic E-state index is 0.0286. The Morgan fingerprint density at radius 1 is 1.53 bits per heavy atom. The van der Waals surface area contributed by atoms with E-state index in [1.165, 1.54) is 29.2 Å². The molecule has 6 nitrogen and oxygen atoms in total. The van der Waals surface area contributed by atoms with Crippen LogP contribution in [0.2, 0.25) is 0 Å². The number of carbonyl (C=O) groups excluding carboxylic acids is 1. The quantitative estimate of drug-likeness (QED) is 0.775. The van der Waals surface area contributed by atoms with Gasteiger partial charge >= 0.3 is 0 Å². The molecule has 1 N–H and O–H groups in total. The average Bonchev–Trinajstić information content (AvgIpc) is 2.72. The summed E-state index contributed by atoms with van der Waals surface area (Å²) in [6, 6.07) is 4.04. The third kappa shape index (κ3) is 2.83. The summed E-state index contributed by atoms with van der Waals surface area (Å²) in [4.78, 5) is 19.0. The molecule has 17 heavy (non-hydrogen) atoms. The number of halogens is 1. The number of nitrogens with zero attached hydrogens (tertiary/aromatic N) is 4. The van der Waals surface area contributed by atoms with Crippen LogP contribution in [0.3, 0.4) is 0 Å². The number of hydrogen-bond donors (Lipinski definition) is 1. The minimum Gasteiger partial charge on any atom is -0.343 e. The number of aromatic nitrogens is 4. The monoisotopic (exact) mass is 235 g/mol. The Morgan fingerprint density at radius 2 is 2.35 bits per heavy atom. The van der Waals surface area contributed by atoms with Crippen LogP contribution in [0.15, 0.2) is 24.5 Å². The summed E-state index contributed by atoms with van der Waals surface area (Å²) in [6.45, 7) is 0.178. The number of rotatable bonds is 3. The van der Waals surface area contributed by atoms with Crippen molar-refractivity contribution in [2.75, 3.05) is 0 Å². The number of pyridine rings is 1. The first kappa shape index (κ1) is 11.2. The molecule has 2 heterocycles. The minimum atomic E-state index is -0.686. The SMILES string of the molecule is Cn1cnc(CNC(=O)c2cccc(F)n2)n1. The molecule has 0 aliphatic rings. The van der Waals surface area contributed by atoms with E-state index in [1.807, 2.05) is 0 Å². The predicted molar refractivity (Wildman–Crippen MR) is 56.4 cm³/mol. The van der Waals surface area contributed by atoms with E-state index in [-0.39, 0.29) is 12.2 Å².